The second kappa shape index (κ2) is 11.9. The zero-order valence-corrected chi connectivity index (χ0v) is 24.1. The molecule has 1 aliphatic rings. The van der Waals surface area contributed by atoms with E-state index in [9.17, 15) is 22.8 Å². The highest BCUT2D eigenvalue weighted by Crippen LogP contribution is 2.32. The van der Waals surface area contributed by atoms with Gasteiger partial charge in [-0.05, 0) is 89.0 Å². The lowest BCUT2D eigenvalue weighted by Gasteiger charge is -2.30. The summed E-state index contributed by atoms with van der Waals surface area (Å²) in [4.78, 5) is 33.4. The van der Waals surface area contributed by atoms with Crippen LogP contribution in [0.15, 0.2) is 65.6 Å². The van der Waals surface area contributed by atoms with Crippen molar-refractivity contribution in [3.8, 4) is 22.8 Å². The molecule has 2 aromatic heterocycles. The van der Waals surface area contributed by atoms with Crippen LogP contribution in [-0.2, 0) is 6.18 Å². The van der Waals surface area contributed by atoms with E-state index in [1.54, 1.807) is 37.3 Å². The zero-order valence-electron chi connectivity index (χ0n) is 24.1. The van der Waals surface area contributed by atoms with Gasteiger partial charge in [-0.15, -0.1) is 0 Å². The third-order valence-corrected chi connectivity index (χ3v) is 7.83. The maximum Gasteiger partial charge on any atom is 0.416 e. The molecule has 9 nitrogen and oxygen atoms in total. The van der Waals surface area contributed by atoms with Crippen molar-refractivity contribution in [1.82, 2.24) is 29.1 Å². The van der Waals surface area contributed by atoms with Gasteiger partial charge >= 0.3 is 17.9 Å². The molecule has 4 aromatic rings. The van der Waals surface area contributed by atoms with Gasteiger partial charge in [0.1, 0.15) is 5.69 Å². The summed E-state index contributed by atoms with van der Waals surface area (Å²) in [5.74, 6) is 0.522. The lowest BCUT2D eigenvalue weighted by molar-refractivity contribution is -0.137. The first-order valence-electron chi connectivity index (χ1n) is 14.0. The average molecular weight is 592 g/mol. The molecular formula is C31H32F3N7O2. The minimum absolute atomic E-state index is 0.0122. The van der Waals surface area contributed by atoms with E-state index in [1.165, 1.54) is 23.0 Å². The number of nitrogens with zero attached hydrogens (tertiary/aromatic N) is 6. The summed E-state index contributed by atoms with van der Waals surface area (Å²) in [5.41, 5.74) is 0.165. The maximum absolute atomic E-state index is 14.0. The molecule has 2 aromatic carbocycles. The molecule has 1 saturated carbocycles. The molecule has 0 aliphatic heterocycles. The number of benzene rings is 2. The van der Waals surface area contributed by atoms with Crippen molar-refractivity contribution in [3.63, 3.8) is 0 Å². The molecule has 0 saturated heterocycles. The Balaban J connectivity index is 1.60. The van der Waals surface area contributed by atoms with Crippen molar-refractivity contribution in [1.29, 1.82) is 0 Å². The standard InChI is InChI=1S/C31H32F3N7O2/c1-20-28(27-16-17-36-41(27)25-14-12-23(35-2)13-15-25)40(29(42)37-24-10-8-21(9-11-24)19-38(3)4)30(43)39(20)26-7-5-6-22(18-26)31(32,33)34/h5-7,12-18,21,24H,8-11,19H2,1,3-4H3,(H,37,42). The number of alkyl halides is 3. The Bertz CT molecular complexity index is 1720. The van der Waals surface area contributed by atoms with Crippen LogP contribution >= 0.6 is 0 Å². The molecule has 1 fully saturated rings. The quantitative estimate of drug-likeness (QED) is 0.277. The number of halogens is 3. The number of amides is 1. The van der Waals surface area contributed by atoms with Gasteiger partial charge < -0.3 is 10.2 Å². The monoisotopic (exact) mass is 591 g/mol. The predicted octanol–water partition coefficient (Wildman–Crippen LogP) is 6.05. The van der Waals surface area contributed by atoms with Gasteiger partial charge in [0, 0.05) is 12.6 Å². The summed E-state index contributed by atoms with van der Waals surface area (Å²) in [6.45, 7) is 9.77. The number of imidazole rings is 1. The Morgan fingerprint density at radius 1 is 1.07 bits per heavy atom. The molecule has 1 N–H and O–H groups in total. The van der Waals surface area contributed by atoms with Crippen LogP contribution in [0.25, 0.3) is 27.6 Å². The molecule has 1 amide bonds. The van der Waals surface area contributed by atoms with E-state index in [2.05, 4.69) is 20.2 Å². The lowest BCUT2D eigenvalue weighted by Crippen LogP contribution is -2.44. The van der Waals surface area contributed by atoms with E-state index in [0.717, 1.165) is 53.5 Å². The third-order valence-electron chi connectivity index (χ3n) is 7.83. The highest BCUT2D eigenvalue weighted by atomic mass is 19.4. The Labute approximate surface area is 247 Å². The van der Waals surface area contributed by atoms with Gasteiger partial charge in [-0.3, -0.25) is 4.57 Å². The summed E-state index contributed by atoms with van der Waals surface area (Å²) in [5, 5.41) is 7.40. The first kappa shape index (κ1) is 29.8. The molecule has 0 bridgehead atoms. The van der Waals surface area contributed by atoms with Gasteiger partial charge in [-0.25, -0.2) is 23.7 Å². The molecule has 2 heterocycles. The minimum atomic E-state index is -4.61. The van der Waals surface area contributed by atoms with Crippen LogP contribution in [0.3, 0.4) is 0 Å². The van der Waals surface area contributed by atoms with Gasteiger partial charge in [0.2, 0.25) is 0 Å². The van der Waals surface area contributed by atoms with Gasteiger partial charge in [0.25, 0.3) is 0 Å². The van der Waals surface area contributed by atoms with Crippen LogP contribution in [0.5, 0.6) is 0 Å². The second-order valence-electron chi connectivity index (χ2n) is 11.1. The van der Waals surface area contributed by atoms with E-state index in [4.69, 9.17) is 6.57 Å². The van der Waals surface area contributed by atoms with Crippen LogP contribution in [0.4, 0.5) is 23.7 Å². The highest BCUT2D eigenvalue weighted by Gasteiger charge is 2.32. The first-order valence-corrected chi connectivity index (χ1v) is 14.0. The van der Waals surface area contributed by atoms with Crippen molar-refractivity contribution in [3.05, 3.63) is 94.0 Å². The first-order chi connectivity index (χ1) is 20.5. The lowest BCUT2D eigenvalue weighted by atomic mass is 9.86. The molecule has 0 atom stereocenters. The molecule has 224 valence electrons. The van der Waals surface area contributed by atoms with E-state index < -0.39 is 23.5 Å². The fourth-order valence-electron chi connectivity index (χ4n) is 5.82. The summed E-state index contributed by atoms with van der Waals surface area (Å²) in [7, 11) is 4.06. The van der Waals surface area contributed by atoms with Crippen LogP contribution in [-0.4, -0.2) is 56.5 Å². The summed E-state index contributed by atoms with van der Waals surface area (Å²) >= 11 is 0. The summed E-state index contributed by atoms with van der Waals surface area (Å²) < 4.78 is 44.4. The van der Waals surface area contributed by atoms with Crippen LogP contribution in [0, 0.1) is 19.4 Å². The summed E-state index contributed by atoms with van der Waals surface area (Å²) in [6, 6.07) is 11.9. The van der Waals surface area contributed by atoms with Gasteiger partial charge in [0.05, 0.1) is 41.1 Å². The smallest absolute Gasteiger partial charge is 0.335 e. The molecule has 0 spiro atoms. The maximum atomic E-state index is 14.0. The van der Waals surface area contributed by atoms with Crippen molar-refractivity contribution in [2.45, 2.75) is 44.8 Å². The third kappa shape index (κ3) is 6.12. The number of carbonyl (C=O) groups excluding carboxylic acids is 1. The Morgan fingerprint density at radius 2 is 1.77 bits per heavy atom. The van der Waals surface area contributed by atoms with E-state index in [0.29, 0.717) is 23.0 Å². The number of nitrogens with one attached hydrogen (secondary N) is 1. The average Bonchev–Trinajstić information content (AvgIpc) is 3.55. The molecule has 1 aliphatic carbocycles. The van der Waals surface area contributed by atoms with Gasteiger partial charge in [0.15, 0.2) is 5.69 Å². The van der Waals surface area contributed by atoms with Gasteiger partial charge in [-0.1, -0.05) is 18.2 Å². The highest BCUT2D eigenvalue weighted by molar-refractivity contribution is 5.83. The predicted molar refractivity (Wildman–Crippen MR) is 157 cm³/mol. The van der Waals surface area contributed by atoms with Crippen molar-refractivity contribution in [2.24, 2.45) is 5.92 Å². The minimum Gasteiger partial charge on any atom is -0.335 e. The van der Waals surface area contributed by atoms with E-state index in [-0.39, 0.29) is 23.1 Å². The van der Waals surface area contributed by atoms with Crippen LogP contribution in [0.1, 0.15) is 36.9 Å². The largest absolute Gasteiger partial charge is 0.416 e. The molecule has 12 heteroatoms. The Kier molecular flexibility index (Phi) is 8.28. The fourth-order valence-corrected chi connectivity index (χ4v) is 5.82. The second-order valence-corrected chi connectivity index (χ2v) is 11.1. The normalized spacial score (nSPS) is 17.2. The topological polar surface area (TPSA) is 81.5 Å². The van der Waals surface area contributed by atoms with Gasteiger partial charge in [-0.2, -0.15) is 18.3 Å². The van der Waals surface area contributed by atoms with Crippen LogP contribution in [0.2, 0.25) is 0 Å². The molecule has 0 unspecified atom stereocenters. The van der Waals surface area contributed by atoms with Crippen molar-refractivity contribution >= 4 is 11.7 Å². The number of carbonyl (C=O) groups is 1. The number of hydrogen-bond donors (Lipinski definition) is 1. The molecular weight excluding hydrogens is 559 g/mol. The Hall–Kier alpha value is -4.63. The van der Waals surface area contributed by atoms with Crippen LogP contribution < -0.4 is 11.0 Å². The molecule has 43 heavy (non-hydrogen) atoms. The zero-order chi connectivity index (χ0) is 30.9. The van der Waals surface area contributed by atoms with Crippen molar-refractivity contribution in [2.75, 3.05) is 20.6 Å². The molecule has 0 radical (unpaired) electrons. The molecule has 5 rings (SSSR count). The van der Waals surface area contributed by atoms with E-state index in [1.807, 2.05) is 14.1 Å². The number of hydrogen-bond acceptors (Lipinski definition) is 4. The SMILES string of the molecule is [C-]#[N+]c1ccc(-n2nccc2-c2c(C)n(-c3cccc(C(F)(F)F)c3)c(=O)n2C(=O)NC2CCC(CN(C)C)CC2)cc1. The van der Waals surface area contributed by atoms with E-state index >= 15 is 0 Å². The summed E-state index contributed by atoms with van der Waals surface area (Å²) in [6.07, 6.45) is 0.279. The fraction of sp³-hybridized carbons (Fsp3) is 0.355. The number of aromatic nitrogens is 4. The Morgan fingerprint density at radius 3 is 2.40 bits per heavy atom. The van der Waals surface area contributed by atoms with Crippen molar-refractivity contribution < 1.29 is 18.0 Å². The number of rotatable bonds is 6.